The summed E-state index contributed by atoms with van der Waals surface area (Å²) >= 11 is 0. The van der Waals surface area contributed by atoms with Gasteiger partial charge < -0.3 is 0 Å². The summed E-state index contributed by atoms with van der Waals surface area (Å²) in [6, 6.07) is 6.18. The summed E-state index contributed by atoms with van der Waals surface area (Å²) in [7, 11) is 0. The summed E-state index contributed by atoms with van der Waals surface area (Å²) in [4.78, 5) is 22.1. The molecule has 0 fully saturated rings. The van der Waals surface area contributed by atoms with Gasteiger partial charge in [-0.1, -0.05) is 18.2 Å². The molecule has 0 N–H and O–H groups in total. The molecule has 3 rings (SSSR count). The summed E-state index contributed by atoms with van der Waals surface area (Å²) in [6.07, 6.45) is 7.67. The Morgan fingerprint density at radius 3 is 2.64 bits per heavy atom. The van der Waals surface area contributed by atoms with Crippen LogP contribution in [0.2, 0.25) is 0 Å². The van der Waals surface area contributed by atoms with Crippen LogP contribution in [0.15, 0.2) is 53.2 Å². The summed E-state index contributed by atoms with van der Waals surface area (Å²) in [5.74, 6) is -0.108. The Bertz CT molecular complexity index is 717. The first kappa shape index (κ1) is 14.2. The summed E-state index contributed by atoms with van der Waals surface area (Å²) in [5.41, 5.74) is 2.72. The molecular formula is C16H15N3O3. The average molecular weight is 297 g/mol. The van der Waals surface area contributed by atoms with Crippen molar-refractivity contribution in [2.45, 2.75) is 25.8 Å². The number of nitro groups is 1. The second-order valence-corrected chi connectivity index (χ2v) is 5.28. The summed E-state index contributed by atoms with van der Waals surface area (Å²) in [5, 5.41) is 16.6. The fourth-order valence-corrected chi connectivity index (χ4v) is 2.73. The molecule has 1 unspecified atom stereocenters. The van der Waals surface area contributed by atoms with E-state index in [2.05, 4.69) is 17.3 Å². The van der Waals surface area contributed by atoms with Crippen molar-refractivity contribution in [3.63, 3.8) is 0 Å². The molecule has 1 aromatic rings. The number of hydrazone groups is 1. The van der Waals surface area contributed by atoms with E-state index in [4.69, 9.17) is 0 Å². The standard InChI is InChI=1S/C16H15N3O3/c1-11(20)18-16(13-4-2-3-5-13)10-15(17-18)12-6-8-14(9-7-12)19(21)22/h2,4-9,16H,3,10H2,1H3. The van der Waals surface area contributed by atoms with Crippen LogP contribution in [0.1, 0.15) is 25.3 Å². The number of rotatable bonds is 3. The fourth-order valence-electron chi connectivity index (χ4n) is 2.73. The van der Waals surface area contributed by atoms with E-state index < -0.39 is 4.92 Å². The van der Waals surface area contributed by atoms with Crippen molar-refractivity contribution < 1.29 is 9.72 Å². The van der Waals surface area contributed by atoms with Crippen molar-refractivity contribution in [2.75, 3.05) is 0 Å². The van der Waals surface area contributed by atoms with Crippen LogP contribution in [0.4, 0.5) is 5.69 Å². The van der Waals surface area contributed by atoms with Crippen LogP contribution in [0.5, 0.6) is 0 Å². The van der Waals surface area contributed by atoms with Gasteiger partial charge in [-0.2, -0.15) is 5.10 Å². The third-order valence-corrected chi connectivity index (χ3v) is 3.83. The molecule has 6 heteroatoms. The van der Waals surface area contributed by atoms with Gasteiger partial charge in [0.1, 0.15) is 0 Å². The van der Waals surface area contributed by atoms with Crippen molar-refractivity contribution in [1.29, 1.82) is 0 Å². The molecule has 0 saturated carbocycles. The maximum absolute atomic E-state index is 11.8. The summed E-state index contributed by atoms with van der Waals surface area (Å²) in [6.45, 7) is 1.49. The molecule has 1 aromatic carbocycles. The summed E-state index contributed by atoms with van der Waals surface area (Å²) < 4.78 is 0. The Balaban J connectivity index is 1.88. The van der Waals surface area contributed by atoms with E-state index in [0.29, 0.717) is 6.42 Å². The predicted molar refractivity (Wildman–Crippen MR) is 82.4 cm³/mol. The molecule has 2 aliphatic rings. The van der Waals surface area contributed by atoms with E-state index >= 15 is 0 Å². The van der Waals surface area contributed by atoms with E-state index in [1.807, 2.05) is 6.08 Å². The van der Waals surface area contributed by atoms with Crippen molar-refractivity contribution in [3.05, 3.63) is 63.7 Å². The zero-order chi connectivity index (χ0) is 15.7. The van der Waals surface area contributed by atoms with Gasteiger partial charge in [0.15, 0.2) is 0 Å². The molecule has 112 valence electrons. The first-order valence-electron chi connectivity index (χ1n) is 7.05. The van der Waals surface area contributed by atoms with Gasteiger partial charge in [-0.15, -0.1) is 0 Å². The van der Waals surface area contributed by atoms with Gasteiger partial charge in [0.2, 0.25) is 5.91 Å². The number of nitro benzene ring substituents is 1. The van der Waals surface area contributed by atoms with Crippen LogP contribution < -0.4 is 0 Å². The minimum absolute atomic E-state index is 0.0451. The number of hydrogen-bond acceptors (Lipinski definition) is 4. The van der Waals surface area contributed by atoms with Gasteiger partial charge in [0, 0.05) is 25.5 Å². The molecule has 0 aromatic heterocycles. The average Bonchev–Trinajstić information content (AvgIpc) is 3.16. The molecule has 1 aliphatic carbocycles. The second kappa shape index (κ2) is 5.55. The number of allylic oxidation sites excluding steroid dienone is 2. The van der Waals surface area contributed by atoms with Crippen LogP contribution in [0.25, 0.3) is 0 Å². The number of amides is 1. The highest BCUT2D eigenvalue weighted by atomic mass is 16.6. The van der Waals surface area contributed by atoms with Gasteiger partial charge in [-0.25, -0.2) is 5.01 Å². The quantitative estimate of drug-likeness (QED) is 0.636. The van der Waals surface area contributed by atoms with Gasteiger partial charge in [-0.3, -0.25) is 14.9 Å². The van der Waals surface area contributed by atoms with Gasteiger partial charge >= 0.3 is 0 Å². The molecule has 1 atom stereocenters. The SMILES string of the molecule is CC(=O)N1N=C(c2ccc([N+](=O)[O-])cc2)CC1C1=CCC=C1. The lowest BCUT2D eigenvalue weighted by atomic mass is 9.99. The van der Waals surface area contributed by atoms with Crippen LogP contribution in [-0.4, -0.2) is 27.6 Å². The Kier molecular flexibility index (Phi) is 3.58. The second-order valence-electron chi connectivity index (χ2n) is 5.28. The predicted octanol–water partition coefficient (Wildman–Crippen LogP) is 2.81. The number of hydrogen-bond donors (Lipinski definition) is 0. The zero-order valence-electron chi connectivity index (χ0n) is 12.1. The minimum Gasteiger partial charge on any atom is -0.273 e. The largest absolute Gasteiger partial charge is 0.273 e. The molecular weight excluding hydrogens is 282 g/mol. The van der Waals surface area contributed by atoms with Crippen LogP contribution in [-0.2, 0) is 4.79 Å². The van der Waals surface area contributed by atoms with Gasteiger partial charge in [0.05, 0.1) is 16.7 Å². The van der Waals surface area contributed by atoms with Crippen LogP contribution >= 0.6 is 0 Å². The Morgan fingerprint density at radius 1 is 1.36 bits per heavy atom. The molecule has 22 heavy (non-hydrogen) atoms. The monoisotopic (exact) mass is 297 g/mol. The van der Waals surface area contributed by atoms with Crippen LogP contribution in [0, 0.1) is 10.1 Å². The normalized spacial score (nSPS) is 20.0. The topological polar surface area (TPSA) is 75.8 Å². The number of carbonyl (C=O) groups is 1. The van der Waals surface area contributed by atoms with E-state index in [0.717, 1.165) is 23.3 Å². The van der Waals surface area contributed by atoms with Crippen molar-refractivity contribution in [1.82, 2.24) is 5.01 Å². The maximum atomic E-state index is 11.8. The molecule has 1 amide bonds. The Hall–Kier alpha value is -2.76. The molecule has 0 radical (unpaired) electrons. The van der Waals surface area contributed by atoms with Crippen LogP contribution in [0.3, 0.4) is 0 Å². The third-order valence-electron chi connectivity index (χ3n) is 3.83. The maximum Gasteiger partial charge on any atom is 0.269 e. The Morgan fingerprint density at radius 2 is 2.09 bits per heavy atom. The molecule has 1 heterocycles. The highest BCUT2D eigenvalue weighted by Crippen LogP contribution is 2.29. The Labute approximate surface area is 127 Å². The first-order chi connectivity index (χ1) is 10.6. The van der Waals surface area contributed by atoms with E-state index in [1.54, 1.807) is 12.1 Å². The molecule has 6 nitrogen and oxygen atoms in total. The van der Waals surface area contributed by atoms with Gasteiger partial charge in [0.25, 0.3) is 5.69 Å². The van der Waals surface area contributed by atoms with E-state index in [9.17, 15) is 14.9 Å². The van der Waals surface area contributed by atoms with Crippen molar-refractivity contribution in [2.24, 2.45) is 5.10 Å². The lowest BCUT2D eigenvalue weighted by Gasteiger charge is -2.20. The van der Waals surface area contributed by atoms with Gasteiger partial charge in [-0.05, 0) is 29.7 Å². The highest BCUT2D eigenvalue weighted by Gasteiger charge is 2.32. The molecule has 1 aliphatic heterocycles. The number of carbonyl (C=O) groups excluding carboxylic acids is 1. The fraction of sp³-hybridized carbons (Fsp3) is 0.250. The zero-order valence-corrected chi connectivity index (χ0v) is 12.1. The third kappa shape index (κ3) is 2.55. The van der Waals surface area contributed by atoms with E-state index in [-0.39, 0.29) is 17.6 Å². The van der Waals surface area contributed by atoms with Crippen molar-refractivity contribution >= 4 is 17.3 Å². The minimum atomic E-state index is -0.431. The number of benzene rings is 1. The van der Waals surface area contributed by atoms with Crippen molar-refractivity contribution in [3.8, 4) is 0 Å². The first-order valence-corrected chi connectivity index (χ1v) is 7.05. The lowest BCUT2D eigenvalue weighted by Crippen LogP contribution is -2.31. The molecule has 0 bridgehead atoms. The lowest BCUT2D eigenvalue weighted by molar-refractivity contribution is -0.384. The molecule has 0 spiro atoms. The molecule has 0 saturated heterocycles. The smallest absolute Gasteiger partial charge is 0.269 e. The number of nitrogens with zero attached hydrogens (tertiary/aromatic N) is 3. The highest BCUT2D eigenvalue weighted by molar-refractivity contribution is 6.03. The van der Waals surface area contributed by atoms with E-state index in [1.165, 1.54) is 24.1 Å². The number of non-ortho nitro benzene ring substituents is 1.